The highest BCUT2D eigenvalue weighted by molar-refractivity contribution is 14.0. The number of aliphatic imine (C=N–C) groups is 1. The molecule has 2 rings (SSSR count). The molecule has 0 radical (unpaired) electrons. The number of nitrogens with zero attached hydrogens (tertiary/aromatic N) is 1. The first kappa shape index (κ1) is 19.5. The molecule has 126 valence electrons. The van der Waals surface area contributed by atoms with E-state index >= 15 is 0 Å². The maximum absolute atomic E-state index is 12.9. The Morgan fingerprint density at radius 1 is 1.17 bits per heavy atom. The minimum absolute atomic E-state index is 0. The summed E-state index contributed by atoms with van der Waals surface area (Å²) in [6, 6.07) is 8.40. The smallest absolute Gasteiger partial charge is 0.191 e. The summed E-state index contributed by atoms with van der Waals surface area (Å²) in [7, 11) is 0. The fourth-order valence-electron chi connectivity index (χ4n) is 2.14. The van der Waals surface area contributed by atoms with Crippen LogP contribution in [0.2, 0.25) is 0 Å². The van der Waals surface area contributed by atoms with Crippen molar-refractivity contribution in [3.63, 3.8) is 0 Å². The molecule has 0 saturated heterocycles. The Kier molecular flexibility index (Phi) is 8.08. The van der Waals surface area contributed by atoms with Crippen LogP contribution >= 0.6 is 24.0 Å². The highest BCUT2D eigenvalue weighted by atomic mass is 127. The van der Waals surface area contributed by atoms with E-state index in [2.05, 4.69) is 15.6 Å². The van der Waals surface area contributed by atoms with Gasteiger partial charge in [0.2, 0.25) is 0 Å². The van der Waals surface area contributed by atoms with E-state index in [1.54, 1.807) is 12.1 Å². The van der Waals surface area contributed by atoms with Gasteiger partial charge in [0.25, 0.3) is 0 Å². The van der Waals surface area contributed by atoms with Crippen LogP contribution in [-0.4, -0.2) is 12.5 Å². The van der Waals surface area contributed by atoms with Crippen LogP contribution < -0.4 is 10.6 Å². The first-order valence-corrected chi connectivity index (χ1v) is 7.41. The molecular formula is C17H23FIN3O. The number of rotatable bonds is 5. The fraction of sp³-hybridized carbons (Fsp3) is 0.353. The normalized spacial score (nSPS) is 11.0. The van der Waals surface area contributed by atoms with E-state index in [9.17, 15) is 4.39 Å². The van der Waals surface area contributed by atoms with Crippen molar-refractivity contribution in [2.45, 2.75) is 33.9 Å². The lowest BCUT2D eigenvalue weighted by Crippen LogP contribution is -2.36. The summed E-state index contributed by atoms with van der Waals surface area (Å²) in [4.78, 5) is 4.51. The lowest BCUT2D eigenvalue weighted by atomic mass is 10.2. The molecule has 0 saturated carbocycles. The van der Waals surface area contributed by atoms with E-state index in [-0.39, 0.29) is 29.8 Å². The molecule has 6 heteroatoms. The number of halogens is 2. The van der Waals surface area contributed by atoms with Gasteiger partial charge >= 0.3 is 0 Å². The van der Waals surface area contributed by atoms with E-state index < -0.39 is 0 Å². The molecule has 0 bridgehead atoms. The van der Waals surface area contributed by atoms with Gasteiger partial charge in [-0.1, -0.05) is 12.1 Å². The van der Waals surface area contributed by atoms with Crippen molar-refractivity contribution >= 4 is 29.9 Å². The van der Waals surface area contributed by atoms with E-state index in [0.29, 0.717) is 13.1 Å². The molecule has 1 aromatic carbocycles. The van der Waals surface area contributed by atoms with Crippen LogP contribution in [0.1, 0.15) is 29.6 Å². The topological polar surface area (TPSA) is 49.6 Å². The Labute approximate surface area is 153 Å². The van der Waals surface area contributed by atoms with Crippen LogP contribution in [0.15, 0.2) is 39.7 Å². The van der Waals surface area contributed by atoms with Gasteiger partial charge in [0.05, 0.1) is 6.54 Å². The van der Waals surface area contributed by atoms with Gasteiger partial charge in [0, 0.05) is 18.7 Å². The summed E-state index contributed by atoms with van der Waals surface area (Å²) in [5.74, 6) is 2.32. The SMILES string of the molecule is CCNC(=NCc1ccc(F)cc1)NCc1cc(C)oc1C.I. The van der Waals surface area contributed by atoms with Crippen LogP contribution in [0.25, 0.3) is 0 Å². The maximum atomic E-state index is 12.9. The number of benzene rings is 1. The lowest BCUT2D eigenvalue weighted by molar-refractivity contribution is 0.500. The fourth-order valence-corrected chi connectivity index (χ4v) is 2.14. The summed E-state index contributed by atoms with van der Waals surface area (Å²) in [6.45, 7) is 7.83. The zero-order valence-electron chi connectivity index (χ0n) is 13.6. The average molecular weight is 431 g/mol. The summed E-state index contributed by atoms with van der Waals surface area (Å²) in [6.07, 6.45) is 0. The third kappa shape index (κ3) is 6.21. The summed E-state index contributed by atoms with van der Waals surface area (Å²) >= 11 is 0. The van der Waals surface area contributed by atoms with E-state index in [0.717, 1.165) is 35.2 Å². The van der Waals surface area contributed by atoms with Crippen LogP contribution in [0.4, 0.5) is 4.39 Å². The second-order valence-corrected chi connectivity index (χ2v) is 5.11. The molecule has 0 aliphatic heterocycles. The van der Waals surface area contributed by atoms with Crippen molar-refractivity contribution in [2.24, 2.45) is 4.99 Å². The van der Waals surface area contributed by atoms with Gasteiger partial charge in [-0.15, -0.1) is 24.0 Å². The first-order valence-electron chi connectivity index (χ1n) is 7.41. The second-order valence-electron chi connectivity index (χ2n) is 5.11. The Morgan fingerprint density at radius 3 is 2.43 bits per heavy atom. The molecule has 0 atom stereocenters. The van der Waals surface area contributed by atoms with Gasteiger partial charge in [0.15, 0.2) is 5.96 Å². The number of hydrogen-bond acceptors (Lipinski definition) is 2. The standard InChI is InChI=1S/C17H22FN3O.HI/c1-4-19-17(20-10-14-5-7-16(18)8-6-14)21-11-15-9-12(2)22-13(15)3;/h5-9H,4,10-11H2,1-3H3,(H2,19,20,21);1H. The molecule has 4 nitrogen and oxygen atoms in total. The average Bonchev–Trinajstić information content (AvgIpc) is 2.81. The number of hydrogen-bond donors (Lipinski definition) is 2. The predicted octanol–water partition coefficient (Wildman–Crippen LogP) is 3.91. The molecule has 0 amide bonds. The van der Waals surface area contributed by atoms with Gasteiger partial charge in [-0.05, 0) is 44.5 Å². The molecule has 2 aromatic rings. The number of nitrogens with one attached hydrogen (secondary N) is 2. The zero-order valence-corrected chi connectivity index (χ0v) is 16.0. The molecule has 0 aliphatic carbocycles. The number of guanidine groups is 1. The lowest BCUT2D eigenvalue weighted by Gasteiger charge is -2.11. The molecule has 0 spiro atoms. The third-order valence-electron chi connectivity index (χ3n) is 3.27. The second kappa shape index (κ2) is 9.54. The Balaban J connectivity index is 0.00000264. The van der Waals surface area contributed by atoms with Gasteiger partial charge in [-0.2, -0.15) is 0 Å². The molecule has 2 N–H and O–H groups in total. The molecular weight excluding hydrogens is 408 g/mol. The minimum Gasteiger partial charge on any atom is -0.466 e. The Morgan fingerprint density at radius 2 is 1.87 bits per heavy atom. The molecule has 0 fully saturated rings. The van der Waals surface area contributed by atoms with E-state index in [1.165, 1.54) is 12.1 Å². The van der Waals surface area contributed by atoms with Crippen LogP contribution in [-0.2, 0) is 13.1 Å². The van der Waals surface area contributed by atoms with Gasteiger partial charge < -0.3 is 15.1 Å². The van der Waals surface area contributed by atoms with Crippen LogP contribution in [0, 0.1) is 19.7 Å². The quantitative estimate of drug-likeness (QED) is 0.429. The van der Waals surface area contributed by atoms with E-state index in [4.69, 9.17) is 4.42 Å². The van der Waals surface area contributed by atoms with Crippen molar-refractivity contribution in [2.75, 3.05) is 6.54 Å². The van der Waals surface area contributed by atoms with Crippen LogP contribution in [0.5, 0.6) is 0 Å². The van der Waals surface area contributed by atoms with Crippen molar-refractivity contribution in [3.8, 4) is 0 Å². The summed E-state index contributed by atoms with van der Waals surface area (Å²) < 4.78 is 18.4. The first-order chi connectivity index (χ1) is 10.6. The zero-order chi connectivity index (χ0) is 15.9. The van der Waals surface area contributed by atoms with Gasteiger partial charge in [-0.25, -0.2) is 9.38 Å². The van der Waals surface area contributed by atoms with Crippen molar-refractivity contribution in [3.05, 3.63) is 58.8 Å². The Hall–Kier alpha value is -1.57. The largest absolute Gasteiger partial charge is 0.466 e. The molecule has 0 unspecified atom stereocenters. The monoisotopic (exact) mass is 431 g/mol. The molecule has 1 aromatic heterocycles. The van der Waals surface area contributed by atoms with E-state index in [1.807, 2.05) is 26.8 Å². The van der Waals surface area contributed by atoms with Gasteiger partial charge in [0.1, 0.15) is 17.3 Å². The van der Waals surface area contributed by atoms with Gasteiger partial charge in [-0.3, -0.25) is 0 Å². The highest BCUT2D eigenvalue weighted by Gasteiger charge is 2.05. The molecule has 1 heterocycles. The van der Waals surface area contributed by atoms with Crippen molar-refractivity contribution in [1.82, 2.24) is 10.6 Å². The minimum atomic E-state index is -0.233. The predicted molar refractivity (Wildman–Crippen MR) is 102 cm³/mol. The molecule has 23 heavy (non-hydrogen) atoms. The Bertz CT molecular complexity index is 638. The van der Waals surface area contributed by atoms with Crippen LogP contribution in [0.3, 0.4) is 0 Å². The summed E-state index contributed by atoms with van der Waals surface area (Å²) in [5.41, 5.74) is 2.08. The maximum Gasteiger partial charge on any atom is 0.191 e. The van der Waals surface area contributed by atoms with Crippen molar-refractivity contribution < 1.29 is 8.81 Å². The van der Waals surface area contributed by atoms with Crippen molar-refractivity contribution in [1.29, 1.82) is 0 Å². The number of furan rings is 1. The summed E-state index contributed by atoms with van der Waals surface area (Å²) in [5, 5.41) is 6.47. The molecule has 0 aliphatic rings. The highest BCUT2D eigenvalue weighted by Crippen LogP contribution is 2.13. The number of aryl methyl sites for hydroxylation is 2. The third-order valence-corrected chi connectivity index (χ3v) is 3.27.